The summed E-state index contributed by atoms with van der Waals surface area (Å²) in [6, 6.07) is 3.80. The number of carbonyl (C=O) groups is 1. The number of carbonyl (C=O) groups excluding carboxylic acids is 1. The van der Waals surface area contributed by atoms with Crippen molar-refractivity contribution in [3.8, 4) is 0 Å². The first-order valence-corrected chi connectivity index (χ1v) is 5.00. The Morgan fingerprint density at radius 1 is 1.54 bits per heavy atom. The third kappa shape index (κ3) is 1.54. The highest BCUT2D eigenvalue weighted by Crippen LogP contribution is 2.33. The Balaban J connectivity index is 2.42. The van der Waals surface area contributed by atoms with Gasteiger partial charge in [0.15, 0.2) is 0 Å². The predicted molar refractivity (Wildman–Crippen MR) is 52.9 cm³/mol. The van der Waals surface area contributed by atoms with Crippen LogP contribution >= 0.6 is 11.8 Å². The standard InChI is InChI=1S/C9H10N2OS/c1-5-3-4-7-9(10-5)13-6(2)8(12)11-7/h3-4,6H,1-2H3,(H,11,12). The zero-order valence-electron chi connectivity index (χ0n) is 7.50. The number of hydrogen-bond donors (Lipinski definition) is 1. The molecule has 0 spiro atoms. The topological polar surface area (TPSA) is 42.0 Å². The summed E-state index contributed by atoms with van der Waals surface area (Å²) in [5, 5.41) is 3.70. The molecule has 1 aromatic rings. The van der Waals surface area contributed by atoms with Crippen LogP contribution in [-0.2, 0) is 4.79 Å². The molecule has 0 bridgehead atoms. The Kier molecular flexibility index (Phi) is 2.00. The second kappa shape index (κ2) is 3.03. The molecule has 0 fully saturated rings. The van der Waals surface area contributed by atoms with Gasteiger partial charge in [0.1, 0.15) is 5.03 Å². The van der Waals surface area contributed by atoms with Crippen molar-refractivity contribution in [2.24, 2.45) is 0 Å². The number of rotatable bonds is 0. The Morgan fingerprint density at radius 3 is 3.08 bits per heavy atom. The summed E-state index contributed by atoms with van der Waals surface area (Å²) in [5.74, 6) is 0.0585. The summed E-state index contributed by atoms with van der Waals surface area (Å²) in [4.78, 5) is 15.6. The highest BCUT2D eigenvalue weighted by atomic mass is 32.2. The van der Waals surface area contributed by atoms with Gasteiger partial charge >= 0.3 is 0 Å². The Bertz CT molecular complexity index is 365. The van der Waals surface area contributed by atoms with Gasteiger partial charge < -0.3 is 5.32 Å². The van der Waals surface area contributed by atoms with Crippen LogP contribution in [0.15, 0.2) is 17.2 Å². The van der Waals surface area contributed by atoms with Crippen molar-refractivity contribution in [1.82, 2.24) is 4.98 Å². The number of hydrogen-bond acceptors (Lipinski definition) is 3. The molecule has 4 heteroatoms. The molecular formula is C9H10N2OS. The molecule has 13 heavy (non-hydrogen) atoms. The van der Waals surface area contributed by atoms with E-state index in [4.69, 9.17) is 0 Å². The SMILES string of the molecule is Cc1ccc2c(n1)SC(C)C(=O)N2. The monoisotopic (exact) mass is 194 g/mol. The van der Waals surface area contributed by atoms with Crippen LogP contribution < -0.4 is 5.32 Å². The molecule has 1 amide bonds. The minimum Gasteiger partial charge on any atom is -0.323 e. The van der Waals surface area contributed by atoms with E-state index < -0.39 is 0 Å². The van der Waals surface area contributed by atoms with Crippen LogP contribution in [0.2, 0.25) is 0 Å². The van der Waals surface area contributed by atoms with Crippen LogP contribution in [0.5, 0.6) is 0 Å². The van der Waals surface area contributed by atoms with Gasteiger partial charge in [-0.05, 0) is 26.0 Å². The van der Waals surface area contributed by atoms with E-state index in [1.165, 1.54) is 11.8 Å². The number of fused-ring (bicyclic) bond motifs is 1. The minimum atomic E-state index is -0.0400. The van der Waals surface area contributed by atoms with Gasteiger partial charge in [0, 0.05) is 5.69 Å². The first-order chi connectivity index (χ1) is 6.16. The number of thioether (sulfide) groups is 1. The van der Waals surface area contributed by atoms with Crippen LogP contribution in [0, 0.1) is 6.92 Å². The number of amides is 1. The summed E-state index contributed by atoms with van der Waals surface area (Å²) >= 11 is 1.51. The average molecular weight is 194 g/mol. The molecule has 3 nitrogen and oxygen atoms in total. The van der Waals surface area contributed by atoms with Crippen molar-refractivity contribution >= 4 is 23.4 Å². The fraction of sp³-hybridized carbons (Fsp3) is 0.333. The molecular weight excluding hydrogens is 184 g/mol. The van der Waals surface area contributed by atoms with E-state index in [1.54, 1.807) is 0 Å². The second-order valence-corrected chi connectivity index (χ2v) is 4.38. The maximum Gasteiger partial charge on any atom is 0.237 e. The first kappa shape index (κ1) is 8.56. The Hall–Kier alpha value is -1.03. The van der Waals surface area contributed by atoms with Gasteiger partial charge in [-0.25, -0.2) is 4.98 Å². The maximum absolute atomic E-state index is 11.3. The molecule has 1 aliphatic heterocycles. The number of aromatic nitrogens is 1. The van der Waals surface area contributed by atoms with Crippen LogP contribution in [0.3, 0.4) is 0 Å². The normalized spacial score (nSPS) is 20.8. The molecule has 0 aromatic carbocycles. The number of aryl methyl sites for hydroxylation is 1. The van der Waals surface area contributed by atoms with Gasteiger partial charge in [-0.3, -0.25) is 4.79 Å². The summed E-state index contributed by atoms with van der Waals surface area (Å²) in [6.07, 6.45) is 0. The van der Waals surface area contributed by atoms with Crippen molar-refractivity contribution in [2.75, 3.05) is 5.32 Å². The molecule has 0 radical (unpaired) electrons. The molecule has 1 N–H and O–H groups in total. The second-order valence-electron chi connectivity index (χ2n) is 3.05. The van der Waals surface area contributed by atoms with Gasteiger partial charge in [-0.2, -0.15) is 0 Å². The number of pyridine rings is 1. The zero-order valence-corrected chi connectivity index (χ0v) is 8.31. The number of nitrogens with zero attached hydrogens (tertiary/aromatic N) is 1. The fourth-order valence-corrected chi connectivity index (χ4v) is 2.12. The summed E-state index contributed by atoms with van der Waals surface area (Å²) < 4.78 is 0. The highest BCUT2D eigenvalue weighted by Gasteiger charge is 2.23. The number of anilines is 1. The number of nitrogens with one attached hydrogen (secondary N) is 1. The molecule has 0 saturated carbocycles. The summed E-state index contributed by atoms with van der Waals surface area (Å²) in [5.41, 5.74) is 1.81. The lowest BCUT2D eigenvalue weighted by Crippen LogP contribution is -2.26. The highest BCUT2D eigenvalue weighted by molar-refractivity contribution is 8.00. The molecule has 2 heterocycles. The molecule has 0 aliphatic carbocycles. The zero-order chi connectivity index (χ0) is 9.42. The van der Waals surface area contributed by atoms with E-state index in [9.17, 15) is 4.79 Å². The Morgan fingerprint density at radius 2 is 2.31 bits per heavy atom. The van der Waals surface area contributed by atoms with E-state index >= 15 is 0 Å². The quantitative estimate of drug-likeness (QED) is 0.685. The van der Waals surface area contributed by atoms with Crippen LogP contribution in [-0.4, -0.2) is 16.1 Å². The lowest BCUT2D eigenvalue weighted by molar-refractivity contribution is -0.115. The lowest BCUT2D eigenvalue weighted by atomic mass is 10.3. The summed E-state index contributed by atoms with van der Waals surface area (Å²) in [7, 11) is 0. The molecule has 0 saturated heterocycles. The van der Waals surface area contributed by atoms with E-state index in [-0.39, 0.29) is 11.2 Å². The third-order valence-corrected chi connectivity index (χ3v) is 3.02. The van der Waals surface area contributed by atoms with E-state index in [1.807, 2.05) is 26.0 Å². The molecule has 1 aromatic heterocycles. The van der Waals surface area contributed by atoms with Crippen molar-refractivity contribution in [1.29, 1.82) is 0 Å². The molecule has 1 atom stereocenters. The smallest absolute Gasteiger partial charge is 0.237 e. The third-order valence-electron chi connectivity index (χ3n) is 1.92. The van der Waals surface area contributed by atoms with Gasteiger partial charge in [-0.15, -0.1) is 0 Å². The largest absolute Gasteiger partial charge is 0.323 e. The minimum absolute atomic E-state index is 0.0400. The fourth-order valence-electron chi connectivity index (χ4n) is 1.17. The van der Waals surface area contributed by atoms with Gasteiger partial charge in [0.05, 0.1) is 10.9 Å². The average Bonchev–Trinajstić information content (AvgIpc) is 2.08. The Labute approximate surface area is 80.9 Å². The lowest BCUT2D eigenvalue weighted by Gasteiger charge is -2.20. The van der Waals surface area contributed by atoms with Crippen molar-refractivity contribution < 1.29 is 4.79 Å². The summed E-state index contributed by atoms with van der Waals surface area (Å²) in [6.45, 7) is 3.83. The molecule has 2 rings (SSSR count). The first-order valence-electron chi connectivity index (χ1n) is 4.12. The predicted octanol–water partition coefficient (Wildman–Crippen LogP) is 1.82. The van der Waals surface area contributed by atoms with E-state index in [0.29, 0.717) is 0 Å². The van der Waals surface area contributed by atoms with E-state index in [0.717, 1.165) is 16.4 Å². The van der Waals surface area contributed by atoms with Gasteiger partial charge in [-0.1, -0.05) is 11.8 Å². The maximum atomic E-state index is 11.3. The molecule has 1 unspecified atom stereocenters. The van der Waals surface area contributed by atoms with E-state index in [2.05, 4.69) is 10.3 Å². The molecule has 1 aliphatic rings. The van der Waals surface area contributed by atoms with Gasteiger partial charge in [0.25, 0.3) is 0 Å². The van der Waals surface area contributed by atoms with Gasteiger partial charge in [0.2, 0.25) is 5.91 Å². The van der Waals surface area contributed by atoms with Crippen LogP contribution in [0.25, 0.3) is 0 Å². The van der Waals surface area contributed by atoms with Crippen LogP contribution in [0.1, 0.15) is 12.6 Å². The van der Waals surface area contributed by atoms with Crippen LogP contribution in [0.4, 0.5) is 5.69 Å². The molecule has 68 valence electrons. The van der Waals surface area contributed by atoms with Crippen molar-refractivity contribution in [3.05, 3.63) is 17.8 Å². The van der Waals surface area contributed by atoms with Crippen molar-refractivity contribution in [2.45, 2.75) is 24.1 Å². The van der Waals surface area contributed by atoms with Crippen molar-refractivity contribution in [3.63, 3.8) is 0 Å².